The molecular weight excluding hydrogens is 144 g/mol. The molecule has 1 fully saturated rings. The second kappa shape index (κ2) is 5.52. The van der Waals surface area contributed by atoms with Crippen LogP contribution in [0.4, 0.5) is 0 Å². The van der Waals surface area contributed by atoms with Gasteiger partial charge in [-0.3, -0.25) is 0 Å². The van der Waals surface area contributed by atoms with Gasteiger partial charge in [0.25, 0.3) is 0 Å². The molecule has 1 rings (SSSR count). The van der Waals surface area contributed by atoms with E-state index in [-0.39, 0.29) is 5.79 Å². The van der Waals surface area contributed by atoms with Crippen LogP contribution >= 0.6 is 0 Å². The van der Waals surface area contributed by atoms with Gasteiger partial charge in [0, 0.05) is 7.11 Å². The number of aliphatic hydroxyl groups excluding tert-OH is 1. The van der Waals surface area contributed by atoms with Crippen LogP contribution in [0, 0.1) is 0 Å². The predicted molar refractivity (Wildman–Crippen MR) is 43.4 cm³/mol. The molecule has 0 aliphatic carbocycles. The van der Waals surface area contributed by atoms with Crippen molar-refractivity contribution in [2.24, 2.45) is 0 Å². The van der Waals surface area contributed by atoms with Gasteiger partial charge in [-0.05, 0) is 12.8 Å². The molecule has 0 radical (unpaired) electrons. The van der Waals surface area contributed by atoms with E-state index in [1.54, 1.807) is 0 Å². The highest BCUT2D eigenvalue weighted by Crippen LogP contribution is 2.25. The Balaban J connectivity index is 0.000000461. The smallest absolute Gasteiger partial charge is 0.167 e. The van der Waals surface area contributed by atoms with Crippen LogP contribution in [-0.2, 0) is 9.47 Å². The van der Waals surface area contributed by atoms with Crippen molar-refractivity contribution in [1.82, 2.24) is 0 Å². The van der Waals surface area contributed by atoms with Gasteiger partial charge in [-0.1, -0.05) is 13.8 Å². The summed E-state index contributed by atoms with van der Waals surface area (Å²) in [6.07, 6.45) is 1.92. The Morgan fingerprint density at radius 2 is 1.45 bits per heavy atom. The SMILES string of the molecule is CCC1(CC)OCCO1.CO. The molecule has 3 nitrogen and oxygen atoms in total. The summed E-state index contributed by atoms with van der Waals surface area (Å²) in [5, 5.41) is 7.00. The van der Waals surface area contributed by atoms with Crippen molar-refractivity contribution in [1.29, 1.82) is 0 Å². The van der Waals surface area contributed by atoms with Gasteiger partial charge in [0.15, 0.2) is 5.79 Å². The monoisotopic (exact) mass is 162 g/mol. The van der Waals surface area contributed by atoms with Gasteiger partial charge in [0.2, 0.25) is 0 Å². The average molecular weight is 162 g/mol. The molecule has 0 spiro atoms. The number of hydrogen-bond donors (Lipinski definition) is 1. The number of hydrogen-bond acceptors (Lipinski definition) is 3. The lowest BCUT2D eigenvalue weighted by Gasteiger charge is -2.23. The maximum absolute atomic E-state index is 7.00. The molecule has 3 heteroatoms. The van der Waals surface area contributed by atoms with Gasteiger partial charge >= 0.3 is 0 Å². The van der Waals surface area contributed by atoms with Gasteiger partial charge in [-0.2, -0.15) is 0 Å². The molecule has 0 aromatic heterocycles. The lowest BCUT2D eigenvalue weighted by Crippen LogP contribution is -2.27. The van der Waals surface area contributed by atoms with Crippen molar-refractivity contribution in [2.75, 3.05) is 20.3 Å². The highest BCUT2D eigenvalue weighted by atomic mass is 16.7. The molecule has 68 valence electrons. The van der Waals surface area contributed by atoms with Crippen LogP contribution in [0.2, 0.25) is 0 Å². The number of rotatable bonds is 2. The fourth-order valence-corrected chi connectivity index (χ4v) is 1.16. The van der Waals surface area contributed by atoms with E-state index >= 15 is 0 Å². The minimum absolute atomic E-state index is 0.222. The molecule has 1 heterocycles. The van der Waals surface area contributed by atoms with E-state index < -0.39 is 0 Å². The summed E-state index contributed by atoms with van der Waals surface area (Å²) in [5.74, 6) is -0.222. The Labute approximate surface area is 68.3 Å². The van der Waals surface area contributed by atoms with Crippen LogP contribution < -0.4 is 0 Å². The van der Waals surface area contributed by atoms with Gasteiger partial charge in [0.05, 0.1) is 13.2 Å². The van der Waals surface area contributed by atoms with Crippen LogP contribution in [0.3, 0.4) is 0 Å². The van der Waals surface area contributed by atoms with Gasteiger partial charge < -0.3 is 14.6 Å². The minimum atomic E-state index is -0.222. The highest BCUT2D eigenvalue weighted by molar-refractivity contribution is 4.69. The van der Waals surface area contributed by atoms with Crippen LogP contribution in [0.15, 0.2) is 0 Å². The van der Waals surface area contributed by atoms with Crippen molar-refractivity contribution in [3.8, 4) is 0 Å². The first-order valence-corrected chi connectivity index (χ1v) is 4.05. The number of ether oxygens (including phenoxy) is 2. The Kier molecular flexibility index (Phi) is 5.46. The summed E-state index contributed by atoms with van der Waals surface area (Å²) in [6.45, 7) is 5.72. The van der Waals surface area contributed by atoms with E-state index in [0.29, 0.717) is 0 Å². The highest BCUT2D eigenvalue weighted by Gasteiger charge is 2.31. The summed E-state index contributed by atoms with van der Waals surface area (Å²) in [4.78, 5) is 0. The van der Waals surface area contributed by atoms with E-state index in [1.807, 2.05) is 0 Å². The Hall–Kier alpha value is -0.120. The van der Waals surface area contributed by atoms with Crippen LogP contribution in [0.1, 0.15) is 26.7 Å². The molecule has 0 amide bonds. The normalized spacial score (nSPS) is 20.7. The summed E-state index contributed by atoms with van der Waals surface area (Å²) in [6, 6.07) is 0. The predicted octanol–water partition coefficient (Wildman–Crippen LogP) is 1.16. The lowest BCUT2D eigenvalue weighted by molar-refractivity contribution is -0.160. The minimum Gasteiger partial charge on any atom is -0.400 e. The van der Waals surface area contributed by atoms with E-state index in [0.717, 1.165) is 33.2 Å². The molecule has 0 saturated carbocycles. The standard InChI is InChI=1S/C7H14O2.CH4O/c1-3-7(4-2)8-5-6-9-7;1-2/h3-6H2,1-2H3;2H,1H3. The van der Waals surface area contributed by atoms with E-state index in [4.69, 9.17) is 14.6 Å². The van der Waals surface area contributed by atoms with Crippen molar-refractivity contribution < 1.29 is 14.6 Å². The second-order valence-electron chi connectivity index (χ2n) is 2.31. The largest absolute Gasteiger partial charge is 0.400 e. The zero-order valence-electron chi connectivity index (χ0n) is 7.59. The van der Waals surface area contributed by atoms with E-state index in [1.165, 1.54) is 0 Å². The lowest BCUT2D eigenvalue weighted by atomic mass is 10.1. The van der Waals surface area contributed by atoms with Crippen molar-refractivity contribution >= 4 is 0 Å². The van der Waals surface area contributed by atoms with Gasteiger partial charge in [-0.15, -0.1) is 0 Å². The van der Waals surface area contributed by atoms with Crippen molar-refractivity contribution in [3.63, 3.8) is 0 Å². The van der Waals surface area contributed by atoms with E-state index in [9.17, 15) is 0 Å². The van der Waals surface area contributed by atoms with Crippen molar-refractivity contribution in [3.05, 3.63) is 0 Å². The fraction of sp³-hybridized carbons (Fsp3) is 1.00. The molecule has 1 aliphatic rings. The summed E-state index contributed by atoms with van der Waals surface area (Å²) in [5.41, 5.74) is 0. The molecular formula is C8H18O3. The van der Waals surface area contributed by atoms with E-state index in [2.05, 4.69) is 13.8 Å². The Morgan fingerprint density at radius 1 is 1.09 bits per heavy atom. The first kappa shape index (κ1) is 10.9. The van der Waals surface area contributed by atoms with Crippen LogP contribution in [0.25, 0.3) is 0 Å². The summed E-state index contributed by atoms with van der Waals surface area (Å²) < 4.78 is 10.8. The molecule has 11 heavy (non-hydrogen) atoms. The molecule has 1 N–H and O–H groups in total. The third-order valence-corrected chi connectivity index (χ3v) is 1.89. The number of aliphatic hydroxyl groups is 1. The van der Waals surface area contributed by atoms with Crippen LogP contribution in [-0.4, -0.2) is 31.2 Å². The van der Waals surface area contributed by atoms with Gasteiger partial charge in [-0.25, -0.2) is 0 Å². The maximum atomic E-state index is 7.00. The summed E-state index contributed by atoms with van der Waals surface area (Å²) in [7, 11) is 1.00. The Morgan fingerprint density at radius 3 is 1.64 bits per heavy atom. The zero-order chi connectivity index (χ0) is 8.74. The molecule has 0 aromatic rings. The average Bonchev–Trinajstić information content (AvgIpc) is 2.57. The third-order valence-electron chi connectivity index (χ3n) is 1.89. The first-order chi connectivity index (χ1) is 5.33. The molecule has 1 aliphatic heterocycles. The topological polar surface area (TPSA) is 38.7 Å². The van der Waals surface area contributed by atoms with Crippen LogP contribution in [0.5, 0.6) is 0 Å². The zero-order valence-corrected chi connectivity index (χ0v) is 7.59. The van der Waals surface area contributed by atoms with Crippen molar-refractivity contribution in [2.45, 2.75) is 32.5 Å². The molecule has 0 atom stereocenters. The summed E-state index contributed by atoms with van der Waals surface area (Å²) >= 11 is 0. The molecule has 1 saturated heterocycles. The molecule has 0 aromatic carbocycles. The second-order valence-corrected chi connectivity index (χ2v) is 2.31. The molecule has 0 bridgehead atoms. The van der Waals surface area contributed by atoms with Gasteiger partial charge in [0.1, 0.15) is 0 Å². The fourth-order valence-electron chi connectivity index (χ4n) is 1.16. The molecule has 0 unspecified atom stereocenters. The first-order valence-electron chi connectivity index (χ1n) is 4.05. The maximum Gasteiger partial charge on any atom is 0.167 e. The Bertz CT molecular complexity index is 81.3. The quantitative estimate of drug-likeness (QED) is 0.662. The third kappa shape index (κ3) is 2.77.